The number of esters is 1. The van der Waals surface area contributed by atoms with Gasteiger partial charge in [-0.3, -0.25) is 0 Å². The molecule has 0 unspecified atom stereocenters. The van der Waals surface area contributed by atoms with Gasteiger partial charge in [0.05, 0.1) is 7.11 Å². The van der Waals surface area contributed by atoms with E-state index in [2.05, 4.69) is 32.5 Å². The molecule has 0 saturated carbocycles. The Kier molecular flexibility index (Phi) is 3.73. The van der Waals surface area contributed by atoms with Crippen LogP contribution in [0.25, 0.3) is 0 Å². The average molecular weight is 253 g/mol. The second-order valence-electron chi connectivity index (χ2n) is 2.71. The van der Waals surface area contributed by atoms with Crippen molar-refractivity contribution in [1.82, 2.24) is 0 Å². The summed E-state index contributed by atoms with van der Waals surface area (Å²) in [6, 6.07) is 5.64. The molecule has 0 N–H and O–H groups in total. The lowest BCUT2D eigenvalue weighted by molar-refractivity contribution is -0.133. The van der Waals surface area contributed by atoms with Crippen LogP contribution in [0.5, 0.6) is 0 Å². The Labute approximate surface area is 91.4 Å². The summed E-state index contributed by atoms with van der Waals surface area (Å²) >= 11 is 3.38. The van der Waals surface area contributed by atoms with E-state index in [0.717, 1.165) is 15.6 Å². The molecule has 0 fully saturated rings. The minimum absolute atomic E-state index is 0.523. The molecule has 0 saturated heterocycles. The third-order valence-corrected chi connectivity index (χ3v) is 2.54. The molecule has 0 aromatic heterocycles. The van der Waals surface area contributed by atoms with Crippen LogP contribution in [0.3, 0.4) is 0 Å². The number of hydrogen-bond acceptors (Lipinski definition) is 2. The smallest absolute Gasteiger partial charge is 0.384 e. The molecular weight excluding hydrogens is 244 g/mol. The van der Waals surface area contributed by atoms with Crippen LogP contribution >= 0.6 is 15.9 Å². The summed E-state index contributed by atoms with van der Waals surface area (Å²) in [4.78, 5) is 10.7. The van der Waals surface area contributed by atoms with E-state index in [1.54, 1.807) is 0 Å². The van der Waals surface area contributed by atoms with Crippen LogP contribution in [0.1, 0.15) is 11.1 Å². The minimum atomic E-state index is -0.523. The zero-order chi connectivity index (χ0) is 10.6. The molecule has 3 heteroatoms. The first-order chi connectivity index (χ1) is 6.63. The van der Waals surface area contributed by atoms with E-state index >= 15 is 0 Å². The predicted molar refractivity (Wildman–Crippen MR) is 57.8 cm³/mol. The van der Waals surface area contributed by atoms with Crippen LogP contribution in [0.4, 0.5) is 0 Å². The Bertz CT molecular complexity index is 413. The number of hydrogen-bond donors (Lipinski definition) is 0. The lowest BCUT2D eigenvalue weighted by atomic mass is 10.1. The number of aryl methyl sites for hydroxylation is 1. The van der Waals surface area contributed by atoms with Gasteiger partial charge in [0.1, 0.15) is 0 Å². The Morgan fingerprint density at radius 3 is 2.79 bits per heavy atom. The van der Waals surface area contributed by atoms with Gasteiger partial charge in [-0.05, 0) is 30.7 Å². The Morgan fingerprint density at radius 1 is 1.50 bits per heavy atom. The number of halogens is 1. The number of rotatable bonds is 0. The monoisotopic (exact) mass is 252 g/mol. The van der Waals surface area contributed by atoms with Gasteiger partial charge in [-0.1, -0.05) is 21.9 Å². The van der Waals surface area contributed by atoms with E-state index in [9.17, 15) is 4.79 Å². The molecule has 14 heavy (non-hydrogen) atoms. The maximum atomic E-state index is 10.7. The molecule has 0 radical (unpaired) electrons. The molecule has 1 aromatic carbocycles. The van der Waals surface area contributed by atoms with Gasteiger partial charge in [0.25, 0.3) is 0 Å². The van der Waals surface area contributed by atoms with Gasteiger partial charge in [-0.2, -0.15) is 0 Å². The van der Waals surface area contributed by atoms with E-state index in [1.165, 1.54) is 7.11 Å². The molecule has 1 aromatic rings. The highest BCUT2D eigenvalue weighted by Crippen LogP contribution is 2.16. The van der Waals surface area contributed by atoms with Gasteiger partial charge >= 0.3 is 5.97 Å². The number of carbonyl (C=O) groups excluding carboxylic acids is 1. The van der Waals surface area contributed by atoms with E-state index < -0.39 is 5.97 Å². The minimum Gasteiger partial charge on any atom is -0.459 e. The first kappa shape index (κ1) is 10.8. The SMILES string of the molecule is COC(=O)C#Cc1ccc(Br)c(C)c1. The summed E-state index contributed by atoms with van der Waals surface area (Å²) in [7, 11) is 1.31. The van der Waals surface area contributed by atoms with Crippen LogP contribution in [0.15, 0.2) is 22.7 Å². The van der Waals surface area contributed by atoms with E-state index in [-0.39, 0.29) is 0 Å². The first-order valence-corrected chi connectivity index (χ1v) is 4.79. The molecular formula is C11H9BrO2. The lowest BCUT2D eigenvalue weighted by Gasteiger charge is -1.96. The molecule has 0 bridgehead atoms. The van der Waals surface area contributed by atoms with Gasteiger partial charge in [-0.15, -0.1) is 0 Å². The number of carbonyl (C=O) groups is 1. The van der Waals surface area contributed by atoms with Gasteiger partial charge in [-0.25, -0.2) is 4.79 Å². The fourth-order valence-corrected chi connectivity index (χ4v) is 1.14. The maximum absolute atomic E-state index is 10.7. The largest absolute Gasteiger partial charge is 0.459 e. The second-order valence-corrected chi connectivity index (χ2v) is 3.56. The molecule has 0 atom stereocenters. The molecule has 0 aliphatic heterocycles. The standard InChI is InChI=1S/C11H9BrO2/c1-8-7-9(3-5-10(8)12)4-6-11(13)14-2/h3,5,7H,1-2H3. The Morgan fingerprint density at radius 2 is 2.21 bits per heavy atom. The Balaban J connectivity index is 2.91. The third-order valence-electron chi connectivity index (χ3n) is 1.65. The maximum Gasteiger partial charge on any atom is 0.384 e. The predicted octanol–water partition coefficient (Wildman–Crippen LogP) is 2.28. The molecule has 0 heterocycles. The highest BCUT2D eigenvalue weighted by Gasteiger charge is 1.95. The summed E-state index contributed by atoms with van der Waals surface area (Å²) in [6.07, 6.45) is 0. The van der Waals surface area contributed by atoms with Crippen LogP contribution < -0.4 is 0 Å². The van der Waals surface area contributed by atoms with Gasteiger partial charge in [0.2, 0.25) is 0 Å². The molecule has 0 spiro atoms. The van der Waals surface area contributed by atoms with Gasteiger partial charge < -0.3 is 4.74 Å². The zero-order valence-corrected chi connectivity index (χ0v) is 9.51. The lowest BCUT2D eigenvalue weighted by Crippen LogP contribution is -1.94. The van der Waals surface area contributed by atoms with Gasteiger partial charge in [0.15, 0.2) is 0 Å². The topological polar surface area (TPSA) is 26.3 Å². The van der Waals surface area contributed by atoms with E-state index in [0.29, 0.717) is 0 Å². The molecule has 0 amide bonds. The molecule has 0 aliphatic rings. The molecule has 1 rings (SSSR count). The van der Waals surface area contributed by atoms with Crippen LogP contribution in [0.2, 0.25) is 0 Å². The van der Waals surface area contributed by atoms with E-state index in [1.807, 2.05) is 25.1 Å². The highest BCUT2D eigenvalue weighted by atomic mass is 79.9. The average Bonchev–Trinajstić information content (AvgIpc) is 2.19. The normalized spacial score (nSPS) is 8.79. The summed E-state index contributed by atoms with van der Waals surface area (Å²) < 4.78 is 5.43. The fraction of sp³-hybridized carbons (Fsp3) is 0.182. The van der Waals surface area contributed by atoms with Crippen LogP contribution in [0, 0.1) is 18.8 Å². The van der Waals surface area contributed by atoms with Crippen molar-refractivity contribution in [2.75, 3.05) is 7.11 Å². The summed E-state index contributed by atoms with van der Waals surface area (Å²) in [5, 5.41) is 0. The molecule has 72 valence electrons. The molecule has 2 nitrogen and oxygen atoms in total. The quantitative estimate of drug-likeness (QED) is 0.523. The second kappa shape index (κ2) is 4.83. The first-order valence-electron chi connectivity index (χ1n) is 3.99. The summed E-state index contributed by atoms with van der Waals surface area (Å²) in [5.74, 6) is 4.56. The van der Waals surface area contributed by atoms with Gasteiger partial charge in [0, 0.05) is 16.0 Å². The Hall–Kier alpha value is -1.27. The number of benzene rings is 1. The van der Waals surface area contributed by atoms with Crippen molar-refractivity contribution in [3.05, 3.63) is 33.8 Å². The fourth-order valence-electron chi connectivity index (χ4n) is 0.897. The third kappa shape index (κ3) is 2.90. The van der Waals surface area contributed by atoms with Crippen molar-refractivity contribution < 1.29 is 9.53 Å². The van der Waals surface area contributed by atoms with Crippen molar-refractivity contribution in [2.45, 2.75) is 6.92 Å². The van der Waals surface area contributed by atoms with Crippen molar-refractivity contribution in [3.63, 3.8) is 0 Å². The zero-order valence-electron chi connectivity index (χ0n) is 7.93. The van der Waals surface area contributed by atoms with Crippen molar-refractivity contribution in [2.24, 2.45) is 0 Å². The van der Waals surface area contributed by atoms with Crippen LogP contribution in [-0.2, 0) is 9.53 Å². The van der Waals surface area contributed by atoms with Crippen LogP contribution in [-0.4, -0.2) is 13.1 Å². The van der Waals surface area contributed by atoms with Crippen molar-refractivity contribution >= 4 is 21.9 Å². The van der Waals surface area contributed by atoms with E-state index in [4.69, 9.17) is 0 Å². The number of methoxy groups -OCH3 is 1. The summed E-state index contributed by atoms with van der Waals surface area (Å²) in [5.41, 5.74) is 1.89. The number of ether oxygens (including phenoxy) is 1. The summed E-state index contributed by atoms with van der Waals surface area (Å²) in [6.45, 7) is 1.97. The molecule has 0 aliphatic carbocycles. The highest BCUT2D eigenvalue weighted by molar-refractivity contribution is 9.10. The van der Waals surface area contributed by atoms with Crippen molar-refractivity contribution in [3.8, 4) is 11.8 Å². The van der Waals surface area contributed by atoms with Crippen molar-refractivity contribution in [1.29, 1.82) is 0 Å².